The zero-order valence-electron chi connectivity index (χ0n) is 18.6. The van der Waals surface area contributed by atoms with Crippen LogP contribution in [0.15, 0.2) is 42.5 Å². The first-order chi connectivity index (χ1) is 15.0. The quantitative estimate of drug-likeness (QED) is 0.273. The molecule has 0 radical (unpaired) electrons. The summed E-state index contributed by atoms with van der Waals surface area (Å²) in [7, 11) is 0. The largest absolute Gasteiger partial charge is 0.374 e. The maximum absolute atomic E-state index is 14.9. The Morgan fingerprint density at radius 3 is 2.35 bits per heavy atom. The molecule has 2 unspecified atom stereocenters. The highest BCUT2D eigenvalue weighted by molar-refractivity contribution is 5.65. The van der Waals surface area contributed by atoms with Gasteiger partial charge in [-0.05, 0) is 54.9 Å². The summed E-state index contributed by atoms with van der Waals surface area (Å²) in [5.41, 5.74) is 1.43. The fourth-order valence-electron chi connectivity index (χ4n) is 4.14. The van der Waals surface area contributed by atoms with Crippen molar-refractivity contribution in [1.29, 1.82) is 0 Å². The van der Waals surface area contributed by atoms with Gasteiger partial charge in [-0.2, -0.15) is 0 Å². The smallest absolute Gasteiger partial charge is 0.166 e. The van der Waals surface area contributed by atoms with Gasteiger partial charge in [-0.15, -0.1) is 0 Å². The molecule has 31 heavy (non-hydrogen) atoms. The van der Waals surface area contributed by atoms with Gasteiger partial charge in [0.25, 0.3) is 0 Å². The van der Waals surface area contributed by atoms with Crippen LogP contribution < -0.4 is 0 Å². The van der Waals surface area contributed by atoms with E-state index in [0.29, 0.717) is 23.1 Å². The van der Waals surface area contributed by atoms with E-state index in [1.165, 1.54) is 6.07 Å². The Labute approximate surface area is 184 Å². The van der Waals surface area contributed by atoms with Crippen LogP contribution in [0.5, 0.6) is 0 Å². The Bertz CT molecular complexity index is 890. The minimum absolute atomic E-state index is 0.0254. The van der Waals surface area contributed by atoms with Crippen LogP contribution in [0, 0.1) is 17.5 Å². The molecule has 0 heterocycles. The Morgan fingerprint density at radius 1 is 0.871 bits per heavy atom. The number of hydrogen-bond donors (Lipinski definition) is 0. The van der Waals surface area contributed by atoms with Gasteiger partial charge >= 0.3 is 0 Å². The summed E-state index contributed by atoms with van der Waals surface area (Å²) < 4.78 is 49.9. The lowest BCUT2D eigenvalue weighted by atomic mass is 9.87. The second-order valence-corrected chi connectivity index (χ2v) is 8.43. The third-order valence-corrected chi connectivity index (χ3v) is 6.07. The van der Waals surface area contributed by atoms with Crippen LogP contribution in [0.2, 0.25) is 0 Å². The average Bonchev–Trinajstić information content (AvgIpc) is 2.78. The molecule has 1 nitrogen and oxygen atoms in total. The molecule has 1 aliphatic carbocycles. The molecular weight excluding hydrogens is 397 g/mol. The Morgan fingerprint density at radius 2 is 1.68 bits per heavy atom. The maximum atomic E-state index is 14.9. The summed E-state index contributed by atoms with van der Waals surface area (Å²) in [6.45, 7) is 4.95. The van der Waals surface area contributed by atoms with E-state index in [9.17, 15) is 13.2 Å². The van der Waals surface area contributed by atoms with E-state index in [1.54, 1.807) is 24.3 Å². The van der Waals surface area contributed by atoms with E-state index < -0.39 is 11.6 Å². The third kappa shape index (κ3) is 6.00. The lowest BCUT2D eigenvalue weighted by Crippen LogP contribution is -2.17. The molecular formula is C27H33F3O. The first-order valence-electron chi connectivity index (χ1n) is 11.6. The van der Waals surface area contributed by atoms with Crippen molar-refractivity contribution in [2.75, 3.05) is 6.61 Å². The Kier molecular flexibility index (Phi) is 8.77. The van der Waals surface area contributed by atoms with Crippen LogP contribution in [-0.4, -0.2) is 12.7 Å². The van der Waals surface area contributed by atoms with Gasteiger partial charge in [0.1, 0.15) is 5.82 Å². The van der Waals surface area contributed by atoms with Crippen LogP contribution in [0.25, 0.3) is 11.1 Å². The monoisotopic (exact) mass is 430 g/mol. The summed E-state index contributed by atoms with van der Waals surface area (Å²) in [6, 6.07) is 7.89. The van der Waals surface area contributed by atoms with Crippen molar-refractivity contribution in [3.63, 3.8) is 0 Å². The van der Waals surface area contributed by atoms with E-state index in [4.69, 9.17) is 4.74 Å². The number of benzene rings is 2. The zero-order chi connectivity index (χ0) is 22.2. The van der Waals surface area contributed by atoms with Crippen LogP contribution in [0.1, 0.15) is 75.8 Å². The van der Waals surface area contributed by atoms with Gasteiger partial charge in [-0.1, -0.05) is 69.5 Å². The Hall–Kier alpha value is -2.07. The molecule has 2 aromatic carbocycles. The molecule has 0 saturated carbocycles. The first kappa shape index (κ1) is 23.6. The molecule has 4 heteroatoms. The predicted molar refractivity (Wildman–Crippen MR) is 121 cm³/mol. The number of unbranched alkanes of at least 4 members (excludes halogenated alkanes) is 3. The predicted octanol–water partition coefficient (Wildman–Crippen LogP) is 8.12. The van der Waals surface area contributed by atoms with E-state index in [-0.39, 0.29) is 23.4 Å². The molecule has 168 valence electrons. The second-order valence-electron chi connectivity index (χ2n) is 8.43. The van der Waals surface area contributed by atoms with Crippen molar-refractivity contribution in [3.05, 3.63) is 71.1 Å². The summed E-state index contributed by atoms with van der Waals surface area (Å²) in [6.07, 6.45) is 11.3. The van der Waals surface area contributed by atoms with Gasteiger partial charge in [-0.25, -0.2) is 13.2 Å². The topological polar surface area (TPSA) is 9.23 Å². The van der Waals surface area contributed by atoms with Crippen molar-refractivity contribution in [2.45, 2.75) is 77.2 Å². The van der Waals surface area contributed by atoms with Crippen LogP contribution in [0.4, 0.5) is 13.2 Å². The molecule has 0 amide bonds. The van der Waals surface area contributed by atoms with Crippen molar-refractivity contribution in [3.8, 4) is 11.1 Å². The molecule has 0 aliphatic heterocycles. The molecule has 0 spiro atoms. The van der Waals surface area contributed by atoms with Gasteiger partial charge in [0.05, 0.1) is 6.10 Å². The number of ether oxygens (including phenoxy) is 1. The normalized spacial score (nSPS) is 18.5. The number of aryl methyl sites for hydroxylation is 1. The molecule has 2 atom stereocenters. The highest BCUT2D eigenvalue weighted by Gasteiger charge is 2.21. The summed E-state index contributed by atoms with van der Waals surface area (Å²) in [5.74, 6) is -2.12. The van der Waals surface area contributed by atoms with Crippen LogP contribution >= 0.6 is 0 Å². The SMILES string of the molecule is CCCCCc1ccc(-c2ccc(C3C=CC(OCCCC)CC3)c(F)c2)c(F)c1F. The highest BCUT2D eigenvalue weighted by Crippen LogP contribution is 2.34. The lowest BCUT2D eigenvalue weighted by Gasteiger charge is -2.24. The molecule has 0 bridgehead atoms. The molecule has 0 saturated heterocycles. The van der Waals surface area contributed by atoms with E-state index in [0.717, 1.165) is 51.6 Å². The fraction of sp³-hybridized carbons (Fsp3) is 0.481. The van der Waals surface area contributed by atoms with Gasteiger partial charge in [-0.3, -0.25) is 0 Å². The lowest BCUT2D eigenvalue weighted by molar-refractivity contribution is 0.0717. The minimum Gasteiger partial charge on any atom is -0.374 e. The Balaban J connectivity index is 1.73. The van der Waals surface area contributed by atoms with E-state index in [2.05, 4.69) is 13.8 Å². The van der Waals surface area contributed by atoms with Gasteiger partial charge in [0, 0.05) is 18.1 Å². The van der Waals surface area contributed by atoms with Gasteiger partial charge in [0.15, 0.2) is 11.6 Å². The minimum atomic E-state index is -0.897. The summed E-state index contributed by atoms with van der Waals surface area (Å²) in [4.78, 5) is 0. The average molecular weight is 431 g/mol. The number of rotatable bonds is 10. The first-order valence-corrected chi connectivity index (χ1v) is 11.6. The van der Waals surface area contributed by atoms with Crippen molar-refractivity contribution in [1.82, 2.24) is 0 Å². The van der Waals surface area contributed by atoms with Crippen LogP contribution in [0.3, 0.4) is 0 Å². The van der Waals surface area contributed by atoms with Gasteiger partial charge in [0.2, 0.25) is 0 Å². The maximum Gasteiger partial charge on any atom is 0.166 e. The summed E-state index contributed by atoms with van der Waals surface area (Å²) in [5, 5.41) is 0. The van der Waals surface area contributed by atoms with E-state index in [1.807, 2.05) is 12.2 Å². The number of allylic oxidation sites excluding steroid dienone is 1. The van der Waals surface area contributed by atoms with E-state index >= 15 is 0 Å². The molecule has 1 aliphatic rings. The molecule has 0 N–H and O–H groups in total. The molecule has 0 fully saturated rings. The number of halogens is 3. The second kappa shape index (κ2) is 11.5. The van der Waals surface area contributed by atoms with Crippen molar-refractivity contribution in [2.24, 2.45) is 0 Å². The standard InChI is InChI=1S/C27H33F3O/c1-3-5-7-8-20-11-16-24(27(30)26(20)29)21-12-15-23(25(28)18-21)19-9-13-22(14-10-19)31-17-6-4-2/h9,11-13,15-16,18-19,22H,3-8,10,14,17H2,1-2H3. The van der Waals surface area contributed by atoms with Crippen molar-refractivity contribution >= 4 is 0 Å². The molecule has 2 aromatic rings. The third-order valence-electron chi connectivity index (χ3n) is 6.07. The summed E-state index contributed by atoms with van der Waals surface area (Å²) >= 11 is 0. The van der Waals surface area contributed by atoms with Crippen molar-refractivity contribution < 1.29 is 17.9 Å². The number of hydrogen-bond acceptors (Lipinski definition) is 1. The molecule has 3 rings (SSSR count). The zero-order valence-corrected chi connectivity index (χ0v) is 18.6. The van der Waals surface area contributed by atoms with Crippen LogP contribution in [-0.2, 0) is 11.2 Å². The highest BCUT2D eigenvalue weighted by atomic mass is 19.2. The van der Waals surface area contributed by atoms with Gasteiger partial charge < -0.3 is 4.74 Å². The fourth-order valence-corrected chi connectivity index (χ4v) is 4.14. The molecule has 0 aromatic heterocycles.